The number of nitrogens with zero attached hydrogens (tertiary/aromatic N) is 4. The topological polar surface area (TPSA) is 185 Å². The third-order valence-electron chi connectivity index (χ3n) is 5.23. The molecule has 0 unspecified atom stereocenters. The zero-order chi connectivity index (χ0) is 25.8. The predicted molar refractivity (Wildman–Crippen MR) is 131 cm³/mol. The van der Waals surface area contributed by atoms with Crippen LogP contribution >= 0.6 is 0 Å². The zero-order valence-corrected chi connectivity index (χ0v) is 19.5. The summed E-state index contributed by atoms with van der Waals surface area (Å²) >= 11 is 0. The van der Waals surface area contributed by atoms with Crippen molar-refractivity contribution >= 4 is 17.5 Å². The van der Waals surface area contributed by atoms with Gasteiger partial charge in [-0.15, -0.1) is 9.78 Å². The van der Waals surface area contributed by atoms with Crippen molar-refractivity contribution in [1.82, 2.24) is 24.7 Å². The number of amidine groups is 1. The number of nitrogen functional groups attached to an aromatic ring is 1. The lowest BCUT2D eigenvalue weighted by Gasteiger charge is -2.20. The van der Waals surface area contributed by atoms with Gasteiger partial charge in [-0.25, -0.2) is 14.8 Å². The van der Waals surface area contributed by atoms with Crippen molar-refractivity contribution < 1.29 is 14.6 Å². The van der Waals surface area contributed by atoms with Crippen LogP contribution in [0.2, 0.25) is 0 Å². The Morgan fingerprint density at radius 1 is 1.25 bits per heavy atom. The molecule has 4 rings (SSSR count). The van der Waals surface area contributed by atoms with Gasteiger partial charge in [-0.3, -0.25) is 15.2 Å². The van der Waals surface area contributed by atoms with Gasteiger partial charge in [-0.2, -0.15) is 0 Å². The minimum atomic E-state index is -0.742. The molecule has 0 amide bonds. The number of aromatic hydroxyl groups is 1. The first kappa shape index (κ1) is 24.1. The predicted octanol–water partition coefficient (Wildman–Crippen LogP) is 2.03. The number of carbonyl (C=O) groups excluding carboxylic acids is 1. The van der Waals surface area contributed by atoms with Crippen molar-refractivity contribution in [2.45, 2.75) is 26.3 Å². The molecule has 0 saturated heterocycles. The number of benzene rings is 2. The molecule has 0 aliphatic rings. The van der Waals surface area contributed by atoms with Gasteiger partial charge in [0.2, 0.25) is 0 Å². The number of anilines is 1. The Balaban J connectivity index is 1.82. The van der Waals surface area contributed by atoms with Gasteiger partial charge in [0.1, 0.15) is 23.4 Å². The lowest BCUT2D eigenvalue weighted by molar-refractivity contribution is -0.131. The Morgan fingerprint density at radius 2 is 2.00 bits per heavy atom. The van der Waals surface area contributed by atoms with E-state index in [9.17, 15) is 14.7 Å². The number of carbonyl (C=O) groups is 1. The first-order valence-electron chi connectivity index (χ1n) is 11.0. The van der Waals surface area contributed by atoms with Crippen molar-refractivity contribution in [2.75, 3.05) is 5.32 Å². The highest BCUT2D eigenvalue weighted by atomic mass is 16.5. The molecule has 0 radical (unpaired) electrons. The van der Waals surface area contributed by atoms with E-state index in [-0.39, 0.29) is 34.7 Å². The zero-order valence-electron chi connectivity index (χ0n) is 19.5. The molecule has 2 aromatic carbocycles. The quantitative estimate of drug-likeness (QED) is 0.107. The van der Waals surface area contributed by atoms with Gasteiger partial charge in [-0.1, -0.05) is 13.0 Å². The van der Waals surface area contributed by atoms with Gasteiger partial charge in [0.15, 0.2) is 5.82 Å². The van der Waals surface area contributed by atoms with Crippen molar-refractivity contribution in [1.29, 1.82) is 5.41 Å². The smallest absolute Gasteiger partial charge is 0.350 e. The van der Waals surface area contributed by atoms with Crippen LogP contribution in [0.25, 0.3) is 5.95 Å². The first-order chi connectivity index (χ1) is 17.2. The number of aromatic nitrogens is 5. The maximum absolute atomic E-state index is 12.7. The monoisotopic (exact) mass is 488 g/mol. The van der Waals surface area contributed by atoms with E-state index in [0.29, 0.717) is 17.7 Å². The van der Waals surface area contributed by atoms with Crippen LogP contribution in [-0.2, 0) is 11.2 Å². The number of ether oxygens (including phenoxy) is 1. The van der Waals surface area contributed by atoms with E-state index < -0.39 is 17.7 Å². The van der Waals surface area contributed by atoms with Gasteiger partial charge in [-0.05, 0) is 47.9 Å². The molecule has 12 heteroatoms. The second-order valence-corrected chi connectivity index (χ2v) is 7.86. The minimum Gasteiger partial charge on any atom is -0.508 e. The number of nitrogens with two attached hydrogens (primary N) is 1. The van der Waals surface area contributed by atoms with Crippen molar-refractivity contribution in [3.05, 3.63) is 87.9 Å². The molecule has 0 fully saturated rings. The largest absolute Gasteiger partial charge is 0.508 e. The lowest BCUT2D eigenvalue weighted by atomic mass is 10.0. The second kappa shape index (κ2) is 10.1. The number of esters is 1. The molecule has 2 heterocycles. The number of rotatable bonds is 8. The summed E-state index contributed by atoms with van der Waals surface area (Å²) in [5, 5.41) is 25.7. The fraction of sp³-hybridized carbons (Fsp3) is 0.167. The second-order valence-electron chi connectivity index (χ2n) is 7.86. The molecule has 0 spiro atoms. The summed E-state index contributed by atoms with van der Waals surface area (Å²) in [6.07, 6.45) is 3.66. The average Bonchev–Trinajstić information content (AvgIpc) is 3.23. The van der Waals surface area contributed by atoms with Crippen LogP contribution in [0, 0.1) is 5.41 Å². The standard InChI is InChI=1S/C24H24N8O4/c1-3-14-9-15(11-17(34)10-14)20(22-30-24(35)32(31-22)23-27-7-4-8-28-23)29-16-5-6-18(21(25)26)19(12-16)36-13(2)33/h4-12,20,29,34H,3H2,1-2H3,(H3,25,26)(H,30,31,35)/t20-/m0/s1. The van der Waals surface area contributed by atoms with Crippen molar-refractivity contribution in [3.8, 4) is 17.4 Å². The first-order valence-corrected chi connectivity index (χ1v) is 11.0. The third-order valence-corrected chi connectivity index (χ3v) is 5.23. The summed E-state index contributed by atoms with van der Waals surface area (Å²) in [5.74, 6) is -0.363. The molecule has 0 aliphatic heterocycles. The molecular formula is C24H24N8O4. The van der Waals surface area contributed by atoms with Crippen LogP contribution in [0.4, 0.5) is 5.69 Å². The van der Waals surface area contributed by atoms with E-state index in [4.69, 9.17) is 15.9 Å². The number of H-pyrrole nitrogens is 1. The van der Waals surface area contributed by atoms with Crippen LogP contribution in [0.1, 0.15) is 42.4 Å². The Morgan fingerprint density at radius 3 is 2.67 bits per heavy atom. The van der Waals surface area contributed by atoms with E-state index in [1.54, 1.807) is 30.3 Å². The van der Waals surface area contributed by atoms with E-state index in [0.717, 1.165) is 10.2 Å². The van der Waals surface area contributed by atoms with Crippen LogP contribution in [0.5, 0.6) is 11.5 Å². The number of phenolic OH excluding ortho intramolecular Hbond substituents is 1. The molecule has 0 aliphatic carbocycles. The highest BCUT2D eigenvalue weighted by Gasteiger charge is 2.23. The molecule has 4 aromatic rings. The van der Waals surface area contributed by atoms with E-state index >= 15 is 0 Å². The number of aryl methyl sites for hydroxylation is 1. The average molecular weight is 489 g/mol. The molecule has 6 N–H and O–H groups in total. The SMILES string of the molecule is CCc1cc(O)cc([C@H](Nc2ccc(C(=N)N)c(OC(C)=O)c2)c2nn(-c3ncccn3)c(=O)[nH]2)c1. The number of phenols is 1. The molecule has 2 aromatic heterocycles. The van der Waals surface area contributed by atoms with Gasteiger partial charge >= 0.3 is 11.7 Å². The highest BCUT2D eigenvalue weighted by Crippen LogP contribution is 2.31. The summed E-state index contributed by atoms with van der Waals surface area (Å²) in [5.41, 5.74) is 7.29. The third kappa shape index (κ3) is 5.22. The van der Waals surface area contributed by atoms with Gasteiger partial charge in [0.05, 0.1) is 5.56 Å². The maximum Gasteiger partial charge on any atom is 0.350 e. The Kier molecular flexibility index (Phi) is 6.77. The Labute approximate surface area is 205 Å². The van der Waals surface area contributed by atoms with Crippen molar-refractivity contribution in [2.24, 2.45) is 5.73 Å². The molecule has 0 bridgehead atoms. The summed E-state index contributed by atoms with van der Waals surface area (Å²) < 4.78 is 6.28. The van der Waals surface area contributed by atoms with Gasteiger partial charge in [0.25, 0.3) is 5.95 Å². The van der Waals surface area contributed by atoms with E-state index in [1.165, 1.54) is 25.4 Å². The Bertz CT molecular complexity index is 1480. The fourth-order valence-electron chi connectivity index (χ4n) is 3.63. The van der Waals surface area contributed by atoms with E-state index in [2.05, 4.69) is 25.4 Å². The van der Waals surface area contributed by atoms with Gasteiger partial charge < -0.3 is 20.9 Å². The molecule has 1 atom stereocenters. The van der Waals surface area contributed by atoms with Crippen LogP contribution in [-0.4, -0.2) is 41.6 Å². The molecular weight excluding hydrogens is 464 g/mol. The number of nitrogens with one attached hydrogen (secondary N) is 3. The normalized spacial score (nSPS) is 11.6. The number of hydrogen-bond acceptors (Lipinski definition) is 9. The number of aromatic amines is 1. The molecule has 36 heavy (non-hydrogen) atoms. The summed E-state index contributed by atoms with van der Waals surface area (Å²) in [6, 6.07) is 10.7. The molecule has 0 saturated carbocycles. The van der Waals surface area contributed by atoms with E-state index in [1.807, 2.05) is 13.0 Å². The Hall–Kier alpha value is -5.00. The summed E-state index contributed by atoms with van der Waals surface area (Å²) in [7, 11) is 0. The minimum absolute atomic E-state index is 0.0526. The highest BCUT2D eigenvalue weighted by molar-refractivity contribution is 5.98. The summed E-state index contributed by atoms with van der Waals surface area (Å²) in [4.78, 5) is 35.2. The summed E-state index contributed by atoms with van der Waals surface area (Å²) in [6.45, 7) is 3.20. The van der Waals surface area contributed by atoms with Crippen LogP contribution in [0.3, 0.4) is 0 Å². The van der Waals surface area contributed by atoms with Crippen molar-refractivity contribution in [3.63, 3.8) is 0 Å². The molecule has 184 valence electrons. The van der Waals surface area contributed by atoms with Gasteiger partial charge in [0, 0.05) is 31.1 Å². The van der Waals surface area contributed by atoms with Crippen LogP contribution < -0.4 is 21.5 Å². The maximum atomic E-state index is 12.7. The van der Waals surface area contributed by atoms with Crippen LogP contribution in [0.15, 0.2) is 59.7 Å². The fourth-order valence-corrected chi connectivity index (χ4v) is 3.63. The number of hydrogen-bond donors (Lipinski definition) is 5. The lowest BCUT2D eigenvalue weighted by Crippen LogP contribution is -2.18. The molecule has 12 nitrogen and oxygen atoms in total.